The monoisotopic (exact) mass is 353 g/mol. The van der Waals surface area contributed by atoms with Crippen molar-refractivity contribution < 1.29 is 4.79 Å². The highest BCUT2D eigenvalue weighted by molar-refractivity contribution is 6.30. The van der Waals surface area contributed by atoms with Crippen LogP contribution < -0.4 is 5.32 Å². The number of carbonyl (C=O) groups is 1. The minimum absolute atomic E-state index is 0.00323. The van der Waals surface area contributed by atoms with E-state index < -0.39 is 0 Å². The third-order valence-electron chi connectivity index (χ3n) is 3.95. The molecule has 0 aliphatic heterocycles. The van der Waals surface area contributed by atoms with E-state index in [0.717, 1.165) is 17.9 Å². The molecule has 0 aliphatic rings. The number of hydrogen-bond donors (Lipinski definition) is 1. The van der Waals surface area contributed by atoms with Crippen LogP contribution in [0.1, 0.15) is 17.0 Å². The van der Waals surface area contributed by atoms with Gasteiger partial charge >= 0.3 is 0 Å². The van der Waals surface area contributed by atoms with Gasteiger partial charge in [-0.3, -0.25) is 4.79 Å². The van der Waals surface area contributed by atoms with Gasteiger partial charge in [0.05, 0.1) is 6.42 Å². The molecule has 0 saturated carbocycles. The fraction of sp³-hybridized carbons (Fsp3) is 0.200. The van der Waals surface area contributed by atoms with Gasteiger partial charge in [0, 0.05) is 36.9 Å². The molecule has 3 rings (SSSR count). The number of aromatic nitrogens is 2. The van der Waals surface area contributed by atoms with E-state index in [0.29, 0.717) is 24.4 Å². The zero-order chi connectivity index (χ0) is 17.5. The first-order valence-electron chi connectivity index (χ1n) is 8.26. The van der Waals surface area contributed by atoms with Gasteiger partial charge in [-0.15, -0.1) is 0 Å². The van der Waals surface area contributed by atoms with Crippen LogP contribution in [0.15, 0.2) is 67.0 Å². The predicted molar refractivity (Wildman–Crippen MR) is 99.6 cm³/mol. The maximum atomic E-state index is 12.0. The Hall–Kier alpha value is -2.59. The highest BCUT2D eigenvalue weighted by atomic mass is 35.5. The highest BCUT2D eigenvalue weighted by Crippen LogP contribution is 2.10. The molecule has 0 radical (unpaired) electrons. The van der Waals surface area contributed by atoms with Crippen molar-refractivity contribution in [2.45, 2.75) is 19.4 Å². The molecule has 1 amide bonds. The standard InChI is InChI=1S/C20H20ClN3O/c21-18-8-6-16(7-9-18)14-20(25)23-11-10-19-22-12-13-24(19)15-17-4-2-1-3-5-17/h1-9,12-13H,10-11,14-15H2,(H,23,25). The van der Waals surface area contributed by atoms with Gasteiger partial charge in [0.15, 0.2) is 0 Å². The fourth-order valence-corrected chi connectivity index (χ4v) is 2.78. The quantitative estimate of drug-likeness (QED) is 0.706. The Bertz CT molecular complexity index is 812. The Kier molecular flexibility index (Phi) is 5.86. The van der Waals surface area contributed by atoms with Crippen LogP contribution in [-0.4, -0.2) is 22.0 Å². The summed E-state index contributed by atoms with van der Waals surface area (Å²) in [6.07, 6.45) is 4.83. The van der Waals surface area contributed by atoms with E-state index in [4.69, 9.17) is 11.6 Å². The molecule has 0 atom stereocenters. The largest absolute Gasteiger partial charge is 0.355 e. The molecule has 0 aliphatic carbocycles. The molecule has 0 fully saturated rings. The Balaban J connectivity index is 1.48. The van der Waals surface area contributed by atoms with Crippen LogP contribution in [0, 0.1) is 0 Å². The number of imidazole rings is 1. The van der Waals surface area contributed by atoms with Crippen molar-refractivity contribution in [2.75, 3.05) is 6.54 Å². The van der Waals surface area contributed by atoms with Crippen molar-refractivity contribution in [3.63, 3.8) is 0 Å². The van der Waals surface area contributed by atoms with E-state index >= 15 is 0 Å². The van der Waals surface area contributed by atoms with Gasteiger partial charge in [-0.2, -0.15) is 0 Å². The van der Waals surface area contributed by atoms with Crippen LogP contribution in [-0.2, 0) is 24.2 Å². The van der Waals surface area contributed by atoms with E-state index in [2.05, 4.69) is 27.0 Å². The SMILES string of the molecule is O=C(Cc1ccc(Cl)cc1)NCCc1nccn1Cc1ccccc1. The molecule has 1 heterocycles. The summed E-state index contributed by atoms with van der Waals surface area (Å²) in [5.41, 5.74) is 2.18. The average Bonchev–Trinajstić information content (AvgIpc) is 3.05. The van der Waals surface area contributed by atoms with Gasteiger partial charge in [-0.25, -0.2) is 4.98 Å². The molecular formula is C20H20ClN3O. The summed E-state index contributed by atoms with van der Waals surface area (Å²) < 4.78 is 2.11. The molecule has 3 aromatic rings. The van der Waals surface area contributed by atoms with Crippen molar-refractivity contribution in [3.05, 3.63) is 89.0 Å². The van der Waals surface area contributed by atoms with Gasteiger partial charge in [-0.05, 0) is 23.3 Å². The number of hydrogen-bond acceptors (Lipinski definition) is 2. The summed E-state index contributed by atoms with van der Waals surface area (Å²) in [7, 11) is 0. The number of nitrogens with one attached hydrogen (secondary N) is 1. The molecule has 2 aromatic carbocycles. The number of halogens is 1. The lowest BCUT2D eigenvalue weighted by molar-refractivity contribution is -0.120. The lowest BCUT2D eigenvalue weighted by atomic mass is 10.1. The van der Waals surface area contributed by atoms with Crippen molar-refractivity contribution in [1.82, 2.24) is 14.9 Å². The first-order valence-corrected chi connectivity index (χ1v) is 8.63. The first kappa shape index (κ1) is 17.2. The van der Waals surface area contributed by atoms with E-state index in [1.165, 1.54) is 5.56 Å². The summed E-state index contributed by atoms with van der Waals surface area (Å²) in [6.45, 7) is 1.35. The molecule has 0 spiro atoms. The van der Waals surface area contributed by atoms with Crippen LogP contribution in [0.25, 0.3) is 0 Å². The average molecular weight is 354 g/mol. The normalized spacial score (nSPS) is 10.6. The molecule has 0 saturated heterocycles. The molecule has 25 heavy (non-hydrogen) atoms. The third kappa shape index (κ3) is 5.19. The number of benzene rings is 2. The molecule has 1 aromatic heterocycles. The zero-order valence-electron chi connectivity index (χ0n) is 13.9. The van der Waals surface area contributed by atoms with Gasteiger partial charge in [0.1, 0.15) is 5.82 Å². The van der Waals surface area contributed by atoms with Crippen molar-refractivity contribution in [3.8, 4) is 0 Å². The van der Waals surface area contributed by atoms with Crippen LogP contribution in [0.3, 0.4) is 0 Å². The Labute approximate surface area is 152 Å². The first-order chi connectivity index (χ1) is 12.2. The van der Waals surface area contributed by atoms with Crippen LogP contribution in [0.5, 0.6) is 0 Å². The maximum Gasteiger partial charge on any atom is 0.224 e. The second-order valence-electron chi connectivity index (χ2n) is 5.86. The molecule has 128 valence electrons. The minimum Gasteiger partial charge on any atom is -0.355 e. The minimum atomic E-state index is 0.00323. The Morgan fingerprint density at radius 3 is 2.56 bits per heavy atom. The van der Waals surface area contributed by atoms with E-state index in [1.807, 2.05) is 36.5 Å². The maximum absolute atomic E-state index is 12.0. The number of amides is 1. The smallest absolute Gasteiger partial charge is 0.224 e. The van der Waals surface area contributed by atoms with Crippen molar-refractivity contribution in [2.24, 2.45) is 0 Å². The summed E-state index contributed by atoms with van der Waals surface area (Å²) in [5, 5.41) is 3.63. The van der Waals surface area contributed by atoms with Gasteiger partial charge in [0.2, 0.25) is 5.91 Å². The van der Waals surface area contributed by atoms with Gasteiger partial charge in [0.25, 0.3) is 0 Å². The predicted octanol–water partition coefficient (Wildman–Crippen LogP) is 3.49. The van der Waals surface area contributed by atoms with Gasteiger partial charge in [-0.1, -0.05) is 54.1 Å². The van der Waals surface area contributed by atoms with Crippen molar-refractivity contribution >= 4 is 17.5 Å². The number of nitrogens with zero attached hydrogens (tertiary/aromatic N) is 2. The molecule has 4 nitrogen and oxygen atoms in total. The molecule has 0 bridgehead atoms. The highest BCUT2D eigenvalue weighted by Gasteiger charge is 2.06. The van der Waals surface area contributed by atoms with Crippen LogP contribution in [0.2, 0.25) is 5.02 Å². The molecule has 0 unspecified atom stereocenters. The number of rotatable bonds is 7. The summed E-state index contributed by atoms with van der Waals surface area (Å²) in [5.74, 6) is 0.971. The summed E-state index contributed by atoms with van der Waals surface area (Å²) >= 11 is 5.85. The topological polar surface area (TPSA) is 46.9 Å². The van der Waals surface area contributed by atoms with Gasteiger partial charge < -0.3 is 9.88 Å². The fourth-order valence-electron chi connectivity index (χ4n) is 2.66. The van der Waals surface area contributed by atoms with Crippen LogP contribution in [0.4, 0.5) is 0 Å². The second-order valence-corrected chi connectivity index (χ2v) is 6.30. The molecular weight excluding hydrogens is 334 g/mol. The van der Waals surface area contributed by atoms with Crippen LogP contribution >= 0.6 is 11.6 Å². The van der Waals surface area contributed by atoms with E-state index in [-0.39, 0.29) is 5.91 Å². The van der Waals surface area contributed by atoms with E-state index in [9.17, 15) is 4.79 Å². The summed E-state index contributed by atoms with van der Waals surface area (Å²) in [6, 6.07) is 17.6. The lowest BCUT2D eigenvalue weighted by Gasteiger charge is -2.09. The third-order valence-corrected chi connectivity index (χ3v) is 4.20. The number of carbonyl (C=O) groups excluding carboxylic acids is 1. The Morgan fingerprint density at radius 2 is 1.80 bits per heavy atom. The molecule has 5 heteroatoms. The van der Waals surface area contributed by atoms with E-state index in [1.54, 1.807) is 18.3 Å². The molecule has 1 N–H and O–H groups in total. The van der Waals surface area contributed by atoms with Crippen molar-refractivity contribution in [1.29, 1.82) is 0 Å². The second kappa shape index (κ2) is 8.49. The zero-order valence-corrected chi connectivity index (χ0v) is 14.6. The summed E-state index contributed by atoms with van der Waals surface area (Å²) in [4.78, 5) is 16.4. The lowest BCUT2D eigenvalue weighted by Crippen LogP contribution is -2.28. The Morgan fingerprint density at radius 1 is 1.04 bits per heavy atom.